The molecule has 0 fully saturated rings. The molecule has 0 unspecified atom stereocenters. The molecule has 21 heavy (non-hydrogen) atoms. The number of rotatable bonds is 3. The van der Waals surface area contributed by atoms with Crippen LogP contribution in [0.1, 0.15) is 27.2 Å². The van der Waals surface area contributed by atoms with Crippen molar-refractivity contribution in [3.05, 3.63) is 10.1 Å². The third-order valence-corrected chi connectivity index (χ3v) is 9.49. The molecule has 5 nitrogen and oxygen atoms in total. The SMILES string of the molecule is COC(=O)C1=C(Br)C(=O)[C@@H](O[Si](C)(C)C(C)(C)C)[C@H](O)C1. The normalized spacial score (nSPS) is 24.3. The maximum absolute atomic E-state index is 12.4. The Morgan fingerprint density at radius 2 is 1.90 bits per heavy atom. The number of carbonyl (C=O) groups excluding carboxylic acids is 2. The van der Waals surface area contributed by atoms with Crippen LogP contribution in [-0.4, -0.2) is 44.5 Å². The van der Waals surface area contributed by atoms with Gasteiger partial charge in [0.1, 0.15) is 6.10 Å². The number of aliphatic hydroxyl groups excluding tert-OH is 1. The summed E-state index contributed by atoms with van der Waals surface area (Å²) in [7, 11) is -0.963. The number of hydrogen-bond acceptors (Lipinski definition) is 5. The van der Waals surface area contributed by atoms with E-state index in [0.717, 1.165) is 0 Å². The van der Waals surface area contributed by atoms with E-state index in [4.69, 9.17) is 4.43 Å². The highest BCUT2D eigenvalue weighted by atomic mass is 79.9. The van der Waals surface area contributed by atoms with Crippen LogP contribution in [0.15, 0.2) is 10.1 Å². The summed E-state index contributed by atoms with van der Waals surface area (Å²) in [5, 5.41) is 10.1. The van der Waals surface area contributed by atoms with Gasteiger partial charge in [-0.1, -0.05) is 20.8 Å². The fourth-order valence-electron chi connectivity index (χ4n) is 1.78. The van der Waals surface area contributed by atoms with Gasteiger partial charge in [0.2, 0.25) is 0 Å². The van der Waals surface area contributed by atoms with E-state index in [1.165, 1.54) is 7.11 Å². The second-order valence-electron chi connectivity index (χ2n) is 6.72. The van der Waals surface area contributed by atoms with Crippen LogP contribution in [0.2, 0.25) is 18.1 Å². The molecular formula is C14H23BrO5Si. The first-order valence-electron chi connectivity index (χ1n) is 6.79. The van der Waals surface area contributed by atoms with Crippen molar-refractivity contribution in [3.8, 4) is 0 Å². The second-order valence-corrected chi connectivity index (χ2v) is 12.3. The molecule has 2 atom stereocenters. The molecule has 0 saturated carbocycles. The summed E-state index contributed by atoms with van der Waals surface area (Å²) in [6, 6.07) is 0. The van der Waals surface area contributed by atoms with Crippen molar-refractivity contribution in [1.29, 1.82) is 0 Å². The van der Waals surface area contributed by atoms with Crippen LogP contribution in [0.4, 0.5) is 0 Å². The molecule has 0 bridgehead atoms. The fraction of sp³-hybridized carbons (Fsp3) is 0.714. The topological polar surface area (TPSA) is 72.8 Å². The van der Waals surface area contributed by atoms with E-state index in [2.05, 4.69) is 41.4 Å². The van der Waals surface area contributed by atoms with E-state index in [9.17, 15) is 14.7 Å². The first-order chi connectivity index (χ1) is 9.42. The molecule has 7 heteroatoms. The van der Waals surface area contributed by atoms with Gasteiger partial charge in [0, 0.05) is 6.42 Å². The number of carbonyl (C=O) groups is 2. The molecule has 1 N–H and O–H groups in total. The number of hydrogen-bond donors (Lipinski definition) is 1. The van der Waals surface area contributed by atoms with Crippen molar-refractivity contribution in [2.45, 2.75) is 57.5 Å². The maximum atomic E-state index is 12.4. The summed E-state index contributed by atoms with van der Waals surface area (Å²) in [4.78, 5) is 24.0. The minimum atomic E-state index is -2.20. The zero-order chi connectivity index (χ0) is 16.6. The second kappa shape index (κ2) is 6.32. The van der Waals surface area contributed by atoms with E-state index in [1.54, 1.807) is 0 Å². The monoisotopic (exact) mass is 378 g/mol. The lowest BCUT2D eigenvalue weighted by molar-refractivity contribution is -0.139. The van der Waals surface area contributed by atoms with Gasteiger partial charge < -0.3 is 14.3 Å². The maximum Gasteiger partial charge on any atom is 0.335 e. The number of Topliss-reactive ketones (excluding diaryl/α,β-unsaturated/α-hetero) is 1. The van der Waals surface area contributed by atoms with Gasteiger partial charge >= 0.3 is 5.97 Å². The average molecular weight is 379 g/mol. The molecule has 1 aliphatic rings. The molecular weight excluding hydrogens is 356 g/mol. The van der Waals surface area contributed by atoms with Crippen LogP contribution in [0, 0.1) is 0 Å². The smallest absolute Gasteiger partial charge is 0.335 e. The van der Waals surface area contributed by atoms with Crippen molar-refractivity contribution < 1.29 is 23.9 Å². The van der Waals surface area contributed by atoms with Gasteiger partial charge in [-0.3, -0.25) is 4.79 Å². The predicted molar refractivity (Wildman–Crippen MR) is 85.7 cm³/mol. The highest BCUT2D eigenvalue weighted by molar-refractivity contribution is 9.12. The Hall–Kier alpha value is -0.503. The first-order valence-corrected chi connectivity index (χ1v) is 10.5. The van der Waals surface area contributed by atoms with Crippen molar-refractivity contribution in [2.24, 2.45) is 0 Å². The molecule has 0 radical (unpaired) electrons. The van der Waals surface area contributed by atoms with Gasteiger partial charge in [0.05, 0.1) is 23.3 Å². The van der Waals surface area contributed by atoms with Crippen molar-refractivity contribution in [3.63, 3.8) is 0 Å². The van der Waals surface area contributed by atoms with Gasteiger partial charge in [0.25, 0.3) is 0 Å². The lowest BCUT2D eigenvalue weighted by Crippen LogP contribution is -2.51. The molecule has 0 spiro atoms. The van der Waals surface area contributed by atoms with Crippen LogP contribution < -0.4 is 0 Å². The predicted octanol–water partition coefficient (Wildman–Crippen LogP) is 2.53. The van der Waals surface area contributed by atoms with Crippen molar-refractivity contribution >= 4 is 36.0 Å². The molecule has 0 aromatic rings. The number of methoxy groups -OCH3 is 1. The van der Waals surface area contributed by atoms with E-state index in [-0.39, 0.29) is 21.5 Å². The molecule has 120 valence electrons. The third-order valence-electron chi connectivity index (χ3n) is 4.16. The number of esters is 1. The van der Waals surface area contributed by atoms with Crippen molar-refractivity contribution in [1.82, 2.24) is 0 Å². The summed E-state index contributed by atoms with van der Waals surface area (Å²) in [6.45, 7) is 10.2. The Morgan fingerprint density at radius 1 is 1.38 bits per heavy atom. The van der Waals surface area contributed by atoms with Gasteiger partial charge in [-0.15, -0.1) is 0 Å². The van der Waals surface area contributed by atoms with Crippen LogP contribution in [0.3, 0.4) is 0 Å². The average Bonchev–Trinajstić information content (AvgIpc) is 2.36. The van der Waals surface area contributed by atoms with Crippen molar-refractivity contribution in [2.75, 3.05) is 7.11 Å². The third kappa shape index (κ3) is 3.83. The molecule has 0 aliphatic heterocycles. The zero-order valence-electron chi connectivity index (χ0n) is 13.3. The first kappa shape index (κ1) is 18.5. The van der Waals surface area contributed by atoms with Gasteiger partial charge in [-0.25, -0.2) is 4.79 Å². The van der Waals surface area contributed by atoms with Crippen LogP contribution in [0.25, 0.3) is 0 Å². The quantitative estimate of drug-likeness (QED) is 0.603. The van der Waals surface area contributed by atoms with Crippen LogP contribution in [-0.2, 0) is 18.8 Å². The van der Waals surface area contributed by atoms with Gasteiger partial charge in [-0.05, 0) is 34.1 Å². The summed E-state index contributed by atoms with van der Waals surface area (Å²) >= 11 is 3.14. The van der Waals surface area contributed by atoms with E-state index < -0.39 is 32.3 Å². The molecule has 0 aromatic heterocycles. The Kier molecular flexibility index (Phi) is 5.58. The number of aliphatic hydroxyl groups is 1. The van der Waals surface area contributed by atoms with Gasteiger partial charge in [0.15, 0.2) is 14.1 Å². The Morgan fingerprint density at radius 3 is 2.33 bits per heavy atom. The highest BCUT2D eigenvalue weighted by Crippen LogP contribution is 2.39. The van der Waals surface area contributed by atoms with Crippen LogP contribution >= 0.6 is 15.9 Å². The van der Waals surface area contributed by atoms with E-state index in [1.807, 2.05) is 13.1 Å². The lowest BCUT2D eigenvalue weighted by Gasteiger charge is -2.41. The molecule has 0 heterocycles. The molecule has 0 saturated heterocycles. The molecule has 1 aliphatic carbocycles. The largest absolute Gasteiger partial charge is 0.466 e. The molecule has 1 rings (SSSR count). The summed E-state index contributed by atoms with van der Waals surface area (Å²) in [6.07, 6.45) is -1.94. The number of ketones is 1. The van der Waals surface area contributed by atoms with Gasteiger partial charge in [-0.2, -0.15) is 0 Å². The summed E-state index contributed by atoms with van der Waals surface area (Å²) in [5.74, 6) is -1.01. The highest BCUT2D eigenvalue weighted by Gasteiger charge is 2.46. The minimum absolute atomic E-state index is 0.0400. The molecule has 0 aromatic carbocycles. The Labute approximate surface area is 135 Å². The standard InChI is InChI=1S/C14H23BrO5Si/c1-14(2,3)21(5,6)20-12-9(16)7-8(13(18)19-4)10(15)11(12)17/h9,12,16H,7H2,1-6H3/t9-,12+/m1/s1. The summed E-state index contributed by atoms with van der Waals surface area (Å²) < 4.78 is 10.8. The summed E-state index contributed by atoms with van der Waals surface area (Å²) in [5.41, 5.74) is 0.157. The lowest BCUT2D eigenvalue weighted by atomic mass is 9.93. The molecule has 0 amide bonds. The Balaban J connectivity index is 3.07. The van der Waals surface area contributed by atoms with Crippen LogP contribution in [0.5, 0.6) is 0 Å². The van der Waals surface area contributed by atoms with E-state index >= 15 is 0 Å². The zero-order valence-corrected chi connectivity index (χ0v) is 15.9. The Bertz CT molecular complexity index is 478. The van der Waals surface area contributed by atoms with E-state index in [0.29, 0.717) is 0 Å². The number of halogens is 1. The minimum Gasteiger partial charge on any atom is -0.466 e. The number of ether oxygens (including phenoxy) is 1. The fourth-order valence-corrected chi connectivity index (χ4v) is 3.58.